The lowest BCUT2D eigenvalue weighted by Crippen LogP contribution is -2.15. The van der Waals surface area contributed by atoms with Gasteiger partial charge >= 0.3 is 0 Å². The quantitative estimate of drug-likeness (QED) is 0.789. The number of nitriles is 1. The lowest BCUT2D eigenvalue weighted by Gasteiger charge is -2.23. The van der Waals surface area contributed by atoms with E-state index in [1.165, 1.54) is 23.7 Å². The third-order valence-electron chi connectivity index (χ3n) is 2.87. The zero-order valence-electron chi connectivity index (χ0n) is 12.2. The molecule has 0 radical (unpaired) electrons. The molecule has 0 saturated heterocycles. The molecular formula is C16H24N2. The highest BCUT2D eigenvalue weighted by molar-refractivity contribution is 5.58. The molecule has 0 heterocycles. The molecular weight excluding hydrogens is 220 g/mol. The number of rotatable bonds is 4. The number of hydrogen-bond acceptors (Lipinski definition) is 2. The van der Waals surface area contributed by atoms with E-state index in [4.69, 9.17) is 5.26 Å². The van der Waals surface area contributed by atoms with Crippen LogP contribution in [0.1, 0.15) is 38.8 Å². The molecule has 18 heavy (non-hydrogen) atoms. The van der Waals surface area contributed by atoms with Crippen molar-refractivity contribution in [2.24, 2.45) is 0 Å². The van der Waals surface area contributed by atoms with Crippen LogP contribution in [0.3, 0.4) is 0 Å². The molecule has 1 aromatic rings. The van der Waals surface area contributed by atoms with Crippen LogP contribution in [0.15, 0.2) is 30.5 Å². The van der Waals surface area contributed by atoms with Crippen LogP contribution in [-0.2, 0) is 12.8 Å². The van der Waals surface area contributed by atoms with Gasteiger partial charge in [-0.05, 0) is 37.0 Å². The molecule has 0 aliphatic rings. The summed E-state index contributed by atoms with van der Waals surface area (Å²) < 4.78 is 0. The molecule has 0 atom stereocenters. The summed E-state index contributed by atoms with van der Waals surface area (Å²) in [5, 5.41) is 7.32. The monoisotopic (exact) mass is 244 g/mol. The molecule has 0 aliphatic carbocycles. The second-order valence-electron chi connectivity index (χ2n) is 4.19. The smallest absolute Gasteiger partial charge is 0.0587 e. The van der Waals surface area contributed by atoms with Crippen LogP contribution in [0.25, 0.3) is 0 Å². The van der Waals surface area contributed by atoms with E-state index >= 15 is 0 Å². The van der Waals surface area contributed by atoms with Crippen LogP contribution >= 0.6 is 0 Å². The molecule has 0 amide bonds. The minimum Gasteiger partial charge on any atom is -0.349 e. The maximum Gasteiger partial charge on any atom is 0.0587 e. The predicted octanol–water partition coefficient (Wildman–Crippen LogP) is 4.31. The van der Waals surface area contributed by atoms with Crippen LogP contribution < -0.4 is 4.90 Å². The van der Waals surface area contributed by atoms with Crippen LogP contribution in [0.5, 0.6) is 0 Å². The summed E-state index contributed by atoms with van der Waals surface area (Å²) in [5.41, 5.74) is 5.15. The van der Waals surface area contributed by atoms with Gasteiger partial charge in [0.2, 0.25) is 0 Å². The van der Waals surface area contributed by atoms with E-state index in [9.17, 15) is 0 Å². The Balaban J connectivity index is 0.000000873. The number of aryl methyl sites for hydroxylation is 2. The molecule has 2 nitrogen and oxygen atoms in total. The summed E-state index contributed by atoms with van der Waals surface area (Å²) >= 11 is 0. The molecule has 0 saturated carbocycles. The van der Waals surface area contributed by atoms with Crippen molar-refractivity contribution in [3.8, 4) is 6.07 Å². The fourth-order valence-corrected chi connectivity index (χ4v) is 1.65. The van der Waals surface area contributed by atoms with Gasteiger partial charge < -0.3 is 4.90 Å². The van der Waals surface area contributed by atoms with E-state index < -0.39 is 0 Å². The second kappa shape index (κ2) is 8.36. The Morgan fingerprint density at radius 1 is 1.33 bits per heavy atom. The Hall–Kier alpha value is -1.75. The third kappa shape index (κ3) is 4.63. The second-order valence-corrected chi connectivity index (χ2v) is 4.19. The van der Waals surface area contributed by atoms with E-state index in [0.717, 1.165) is 18.5 Å². The molecule has 98 valence electrons. The third-order valence-corrected chi connectivity index (χ3v) is 2.87. The van der Waals surface area contributed by atoms with Gasteiger partial charge in [-0.15, -0.1) is 0 Å². The van der Waals surface area contributed by atoms with Crippen molar-refractivity contribution in [1.29, 1.82) is 5.26 Å². The summed E-state index contributed by atoms with van der Waals surface area (Å²) in [6, 6.07) is 8.47. The van der Waals surface area contributed by atoms with Gasteiger partial charge in [-0.3, -0.25) is 0 Å². The first kappa shape index (κ1) is 16.2. The Labute approximate surface area is 112 Å². The number of benzene rings is 1. The van der Waals surface area contributed by atoms with E-state index in [1.807, 2.05) is 6.92 Å². The first-order valence-electron chi connectivity index (χ1n) is 6.33. The number of allylic oxidation sites excluding steroid dienone is 1. The fourth-order valence-electron chi connectivity index (χ4n) is 1.65. The molecule has 0 spiro atoms. The summed E-state index contributed by atoms with van der Waals surface area (Å²) in [6.45, 7) is 11.8. The van der Waals surface area contributed by atoms with Gasteiger partial charge in [0.25, 0.3) is 0 Å². The lowest BCUT2D eigenvalue weighted by molar-refractivity contribution is 1.03. The highest BCUT2D eigenvalue weighted by Gasteiger charge is 2.07. The minimum atomic E-state index is 1.07. The predicted molar refractivity (Wildman–Crippen MR) is 79.7 cm³/mol. The Morgan fingerprint density at radius 2 is 1.89 bits per heavy atom. The molecule has 0 bridgehead atoms. The highest BCUT2D eigenvalue weighted by Crippen LogP contribution is 2.24. The van der Waals surface area contributed by atoms with Crippen molar-refractivity contribution in [3.63, 3.8) is 0 Å². The van der Waals surface area contributed by atoms with Gasteiger partial charge in [0, 0.05) is 25.4 Å². The first-order valence-corrected chi connectivity index (χ1v) is 6.33. The van der Waals surface area contributed by atoms with Gasteiger partial charge in [0.1, 0.15) is 0 Å². The maximum atomic E-state index is 7.32. The molecule has 0 aliphatic heterocycles. The molecule has 0 unspecified atom stereocenters. The first-order chi connectivity index (χ1) is 8.51. The summed E-state index contributed by atoms with van der Waals surface area (Å²) in [6.07, 6.45) is 2.15. The normalized spacial score (nSPS) is 8.89. The van der Waals surface area contributed by atoms with E-state index in [2.05, 4.69) is 50.6 Å². The van der Waals surface area contributed by atoms with Crippen molar-refractivity contribution in [2.75, 3.05) is 11.9 Å². The van der Waals surface area contributed by atoms with E-state index in [0.29, 0.717) is 0 Å². The van der Waals surface area contributed by atoms with Crippen molar-refractivity contribution in [3.05, 3.63) is 41.6 Å². The zero-order chi connectivity index (χ0) is 14.1. The molecule has 2 heteroatoms. The number of anilines is 1. The Bertz CT molecular complexity index is 427. The fraction of sp³-hybridized carbons (Fsp3) is 0.438. The standard InChI is InChI=1S/C14H21N.C2H3N/c1-6-12-8-9-13(7-2)14(10-12)15(5)11(3)4;1-2-3/h8-10H,3,6-7H2,1-2,4-5H3;1H3. The molecule has 1 aromatic carbocycles. The van der Waals surface area contributed by atoms with Gasteiger partial charge in [-0.25, -0.2) is 0 Å². The Kier molecular flexibility index (Phi) is 7.54. The van der Waals surface area contributed by atoms with Crippen LogP contribution in [0.2, 0.25) is 0 Å². The zero-order valence-corrected chi connectivity index (χ0v) is 12.2. The molecule has 0 fully saturated rings. The van der Waals surface area contributed by atoms with Gasteiger partial charge in [0.05, 0.1) is 6.07 Å². The molecule has 0 N–H and O–H groups in total. The SMILES string of the molecule is C=C(C)N(C)c1cc(CC)ccc1CC.CC#N. The van der Waals surface area contributed by atoms with E-state index in [1.54, 1.807) is 6.07 Å². The van der Waals surface area contributed by atoms with Crippen LogP contribution in [-0.4, -0.2) is 7.05 Å². The van der Waals surface area contributed by atoms with Crippen molar-refractivity contribution in [1.82, 2.24) is 0 Å². The maximum absolute atomic E-state index is 7.32. The van der Waals surface area contributed by atoms with Crippen molar-refractivity contribution < 1.29 is 0 Å². The lowest BCUT2D eigenvalue weighted by atomic mass is 10.0. The number of nitrogens with zero attached hydrogens (tertiary/aromatic N) is 2. The van der Waals surface area contributed by atoms with Crippen LogP contribution in [0.4, 0.5) is 5.69 Å². The van der Waals surface area contributed by atoms with Gasteiger partial charge in [-0.2, -0.15) is 5.26 Å². The highest BCUT2D eigenvalue weighted by atomic mass is 15.1. The average molecular weight is 244 g/mol. The van der Waals surface area contributed by atoms with Gasteiger partial charge in [0.15, 0.2) is 0 Å². The van der Waals surface area contributed by atoms with E-state index in [-0.39, 0.29) is 0 Å². The summed E-state index contributed by atoms with van der Waals surface area (Å²) in [4.78, 5) is 2.16. The average Bonchev–Trinajstić information content (AvgIpc) is 2.37. The van der Waals surface area contributed by atoms with Crippen molar-refractivity contribution >= 4 is 5.69 Å². The summed E-state index contributed by atoms with van der Waals surface area (Å²) in [5.74, 6) is 0. The minimum absolute atomic E-state index is 1.07. The topological polar surface area (TPSA) is 27.0 Å². The largest absolute Gasteiger partial charge is 0.349 e. The number of hydrogen-bond donors (Lipinski definition) is 0. The molecule has 0 aromatic heterocycles. The summed E-state index contributed by atoms with van der Waals surface area (Å²) in [7, 11) is 2.08. The Morgan fingerprint density at radius 3 is 2.28 bits per heavy atom. The van der Waals surface area contributed by atoms with Gasteiger partial charge in [-0.1, -0.05) is 32.6 Å². The van der Waals surface area contributed by atoms with Crippen molar-refractivity contribution in [2.45, 2.75) is 40.5 Å². The molecule has 1 rings (SSSR count). The van der Waals surface area contributed by atoms with Crippen LogP contribution in [0, 0.1) is 11.3 Å².